The second-order valence-electron chi connectivity index (χ2n) is 5.59. The molecule has 0 aromatic heterocycles. The Labute approximate surface area is 95.6 Å². The van der Waals surface area contributed by atoms with Crippen LogP contribution >= 0.6 is 0 Å². The summed E-state index contributed by atoms with van der Waals surface area (Å²) in [5.41, 5.74) is -1.92. The molecular weight excluding hydrogens is 208 g/mol. The van der Waals surface area contributed by atoms with Crippen molar-refractivity contribution in [2.45, 2.75) is 61.9 Å². The highest BCUT2D eigenvalue weighted by atomic mass is 16.6. The normalized spacial score (nSPS) is 51.4. The molecule has 3 aliphatic rings. The molecule has 4 atom stereocenters. The van der Waals surface area contributed by atoms with Crippen LogP contribution in [-0.2, 0) is 9.47 Å². The van der Waals surface area contributed by atoms with Gasteiger partial charge in [0.25, 0.3) is 0 Å². The third kappa shape index (κ3) is 1.99. The average molecular weight is 228 g/mol. The van der Waals surface area contributed by atoms with Crippen LogP contribution in [0.5, 0.6) is 0 Å². The van der Waals surface area contributed by atoms with Gasteiger partial charge in [-0.3, -0.25) is 0 Å². The van der Waals surface area contributed by atoms with Gasteiger partial charge in [0.1, 0.15) is 0 Å². The van der Waals surface area contributed by atoms with Crippen LogP contribution in [0, 0.1) is 0 Å². The lowest BCUT2D eigenvalue weighted by Gasteiger charge is -2.47. The summed E-state index contributed by atoms with van der Waals surface area (Å²) in [6.07, 6.45) is 4.86. The van der Waals surface area contributed by atoms with E-state index in [1.807, 2.05) is 0 Å². The van der Waals surface area contributed by atoms with Crippen LogP contribution in [0.1, 0.15) is 38.5 Å². The molecule has 4 unspecified atom stereocenters. The molecule has 2 heterocycles. The number of epoxide rings is 2. The summed E-state index contributed by atoms with van der Waals surface area (Å²) in [6, 6.07) is 0. The Hall–Kier alpha value is -0.160. The number of aliphatic hydroxyl groups is 2. The van der Waals surface area contributed by atoms with Gasteiger partial charge in [0, 0.05) is 12.8 Å². The maximum Gasteiger partial charge on any atom is 0.0959 e. The molecule has 1 saturated carbocycles. The van der Waals surface area contributed by atoms with Gasteiger partial charge in [-0.05, 0) is 12.8 Å². The van der Waals surface area contributed by atoms with Gasteiger partial charge in [0.05, 0.1) is 36.6 Å². The smallest absolute Gasteiger partial charge is 0.0959 e. The van der Waals surface area contributed by atoms with Gasteiger partial charge >= 0.3 is 0 Å². The highest BCUT2D eigenvalue weighted by molar-refractivity contribution is 5.06. The quantitative estimate of drug-likeness (QED) is 0.692. The largest absolute Gasteiger partial charge is 0.387 e. The first-order valence-electron chi connectivity index (χ1n) is 6.29. The summed E-state index contributed by atoms with van der Waals surface area (Å²) in [5.74, 6) is 0. The van der Waals surface area contributed by atoms with Gasteiger partial charge in [0.15, 0.2) is 0 Å². The lowest BCUT2D eigenvalue weighted by molar-refractivity contribution is -0.186. The molecule has 2 N–H and O–H groups in total. The first kappa shape index (κ1) is 11.0. The summed E-state index contributed by atoms with van der Waals surface area (Å²) >= 11 is 0. The fourth-order valence-corrected chi connectivity index (χ4v) is 3.01. The first-order valence-corrected chi connectivity index (χ1v) is 6.29. The summed E-state index contributed by atoms with van der Waals surface area (Å²) in [5, 5.41) is 21.4. The number of hydrogen-bond acceptors (Lipinski definition) is 4. The standard InChI is InChI=1S/C12H20O4/c13-11(5-9-7-15-9)3-1-2-4-12(11,14)6-10-8-16-10/h9-10,13-14H,1-8H2. The molecule has 2 aliphatic heterocycles. The minimum absolute atomic E-state index is 0.162. The molecule has 16 heavy (non-hydrogen) atoms. The van der Waals surface area contributed by atoms with Crippen LogP contribution in [0.2, 0.25) is 0 Å². The minimum Gasteiger partial charge on any atom is -0.387 e. The van der Waals surface area contributed by atoms with Crippen LogP contribution < -0.4 is 0 Å². The predicted molar refractivity (Wildman–Crippen MR) is 57.1 cm³/mol. The Bertz CT molecular complexity index is 246. The molecule has 4 heteroatoms. The molecular formula is C12H20O4. The van der Waals surface area contributed by atoms with Crippen LogP contribution in [0.15, 0.2) is 0 Å². The third-order valence-corrected chi connectivity index (χ3v) is 4.23. The molecule has 92 valence electrons. The zero-order chi connectivity index (χ0) is 11.2. The molecule has 0 spiro atoms. The molecule has 0 aromatic rings. The maximum absolute atomic E-state index is 10.7. The van der Waals surface area contributed by atoms with Crippen LogP contribution in [0.3, 0.4) is 0 Å². The van der Waals surface area contributed by atoms with Crippen molar-refractivity contribution in [2.75, 3.05) is 13.2 Å². The van der Waals surface area contributed by atoms with E-state index in [2.05, 4.69) is 0 Å². The number of hydrogen-bond donors (Lipinski definition) is 2. The number of rotatable bonds is 4. The molecule has 0 radical (unpaired) electrons. The predicted octanol–water partition coefficient (Wildman–Crippen LogP) is 0.600. The van der Waals surface area contributed by atoms with Crippen molar-refractivity contribution >= 4 is 0 Å². The SMILES string of the molecule is OC1(CC2CO2)CCCCC1(O)CC1CO1. The third-order valence-electron chi connectivity index (χ3n) is 4.23. The van der Waals surface area contributed by atoms with Gasteiger partial charge in [-0.2, -0.15) is 0 Å². The van der Waals surface area contributed by atoms with Crippen molar-refractivity contribution in [3.8, 4) is 0 Å². The van der Waals surface area contributed by atoms with E-state index >= 15 is 0 Å². The zero-order valence-corrected chi connectivity index (χ0v) is 9.52. The Morgan fingerprint density at radius 3 is 1.56 bits per heavy atom. The van der Waals surface area contributed by atoms with Gasteiger partial charge in [0.2, 0.25) is 0 Å². The number of ether oxygens (including phenoxy) is 2. The molecule has 2 saturated heterocycles. The second-order valence-corrected chi connectivity index (χ2v) is 5.59. The molecule has 1 aliphatic carbocycles. The maximum atomic E-state index is 10.7. The van der Waals surface area contributed by atoms with Crippen LogP contribution in [-0.4, -0.2) is 46.8 Å². The fraction of sp³-hybridized carbons (Fsp3) is 1.00. The first-order chi connectivity index (χ1) is 7.61. The lowest BCUT2D eigenvalue weighted by Crippen LogP contribution is -2.57. The van der Waals surface area contributed by atoms with E-state index in [4.69, 9.17) is 9.47 Å². The van der Waals surface area contributed by atoms with Crippen molar-refractivity contribution in [3.63, 3.8) is 0 Å². The van der Waals surface area contributed by atoms with Gasteiger partial charge in [-0.1, -0.05) is 12.8 Å². The van der Waals surface area contributed by atoms with E-state index in [9.17, 15) is 10.2 Å². The summed E-state index contributed by atoms with van der Waals surface area (Å²) in [4.78, 5) is 0. The topological polar surface area (TPSA) is 65.5 Å². The summed E-state index contributed by atoms with van der Waals surface area (Å²) < 4.78 is 10.4. The van der Waals surface area contributed by atoms with Gasteiger partial charge in [-0.25, -0.2) is 0 Å². The average Bonchev–Trinajstić information content (AvgIpc) is 3.07. The molecule has 3 fully saturated rings. The Morgan fingerprint density at radius 2 is 1.25 bits per heavy atom. The molecule has 4 nitrogen and oxygen atoms in total. The second kappa shape index (κ2) is 3.67. The van der Waals surface area contributed by atoms with Gasteiger partial charge < -0.3 is 19.7 Å². The van der Waals surface area contributed by atoms with Crippen molar-refractivity contribution in [3.05, 3.63) is 0 Å². The highest BCUT2D eigenvalue weighted by Gasteiger charge is 2.54. The van der Waals surface area contributed by atoms with Crippen molar-refractivity contribution in [1.29, 1.82) is 0 Å². The Kier molecular flexibility index (Phi) is 2.51. The summed E-state index contributed by atoms with van der Waals surface area (Å²) in [6.45, 7) is 1.47. The van der Waals surface area contributed by atoms with Gasteiger partial charge in [-0.15, -0.1) is 0 Å². The zero-order valence-electron chi connectivity index (χ0n) is 9.52. The Morgan fingerprint density at radius 1 is 0.875 bits per heavy atom. The lowest BCUT2D eigenvalue weighted by atomic mass is 9.67. The minimum atomic E-state index is -0.960. The van der Waals surface area contributed by atoms with Crippen molar-refractivity contribution in [2.24, 2.45) is 0 Å². The van der Waals surface area contributed by atoms with Crippen molar-refractivity contribution in [1.82, 2.24) is 0 Å². The van der Waals surface area contributed by atoms with Crippen molar-refractivity contribution < 1.29 is 19.7 Å². The highest BCUT2D eigenvalue weighted by Crippen LogP contribution is 2.46. The van der Waals surface area contributed by atoms with Crippen LogP contribution in [0.25, 0.3) is 0 Å². The Balaban J connectivity index is 1.73. The monoisotopic (exact) mass is 228 g/mol. The molecule has 0 aromatic carbocycles. The molecule has 0 bridgehead atoms. The van der Waals surface area contributed by atoms with E-state index < -0.39 is 11.2 Å². The van der Waals surface area contributed by atoms with E-state index in [1.165, 1.54) is 0 Å². The molecule has 0 amide bonds. The summed E-state index contributed by atoms with van der Waals surface area (Å²) in [7, 11) is 0. The van der Waals surface area contributed by atoms with E-state index in [-0.39, 0.29) is 12.2 Å². The van der Waals surface area contributed by atoms with E-state index in [0.717, 1.165) is 26.1 Å². The van der Waals surface area contributed by atoms with Crippen LogP contribution in [0.4, 0.5) is 0 Å². The fourth-order valence-electron chi connectivity index (χ4n) is 3.01. The molecule has 3 rings (SSSR count). The van der Waals surface area contributed by atoms with E-state index in [1.54, 1.807) is 0 Å². The van der Waals surface area contributed by atoms with E-state index in [0.29, 0.717) is 25.7 Å².